The maximum Gasteiger partial charge on any atom is 0.0444 e. The van der Waals surface area contributed by atoms with Gasteiger partial charge in [0, 0.05) is 5.69 Å². The monoisotopic (exact) mass is 222 g/mol. The summed E-state index contributed by atoms with van der Waals surface area (Å²) < 4.78 is 0.377. The molecule has 0 aromatic heterocycles. The molecule has 74 valence electrons. The topological polar surface area (TPSA) is 12.0 Å². The second-order valence-electron chi connectivity index (χ2n) is 2.81. The summed E-state index contributed by atoms with van der Waals surface area (Å²) in [6, 6.07) is 7.95. The Morgan fingerprint density at radius 3 is 2.86 bits per heavy atom. The lowest BCUT2D eigenvalue weighted by Crippen LogP contribution is -2.05. The van der Waals surface area contributed by atoms with Gasteiger partial charge in [0.25, 0.3) is 0 Å². The van der Waals surface area contributed by atoms with E-state index in [9.17, 15) is 0 Å². The van der Waals surface area contributed by atoms with Gasteiger partial charge in [-0.1, -0.05) is 41.6 Å². The maximum atomic E-state index is 4.83. The highest BCUT2D eigenvalue weighted by molar-refractivity contribution is 8.00. The quantitative estimate of drug-likeness (QED) is 0.622. The first-order valence-electron chi connectivity index (χ1n) is 4.47. The molecular weight excluding hydrogens is 210 g/mol. The minimum absolute atomic E-state index is 0.377. The van der Waals surface area contributed by atoms with Gasteiger partial charge in [0.15, 0.2) is 0 Å². The summed E-state index contributed by atoms with van der Waals surface area (Å²) in [7, 11) is 0. The second kappa shape index (κ2) is 5.73. The van der Waals surface area contributed by atoms with Crippen molar-refractivity contribution in [2.45, 2.75) is 13.3 Å². The van der Waals surface area contributed by atoms with Gasteiger partial charge in [0.05, 0.1) is 0 Å². The minimum Gasteiger partial charge on any atom is -0.411 e. The number of hydrogen-bond donors (Lipinski definition) is 1. The number of benzene rings is 1. The van der Waals surface area contributed by atoms with Crippen molar-refractivity contribution < 1.29 is 0 Å². The van der Waals surface area contributed by atoms with Gasteiger partial charge in [-0.2, -0.15) is 0 Å². The summed E-state index contributed by atoms with van der Waals surface area (Å²) in [6.07, 6.45) is 5.19. The Hall–Kier alpha value is -0.930. The van der Waals surface area contributed by atoms with Gasteiger partial charge < -0.3 is 30.2 Å². The van der Waals surface area contributed by atoms with E-state index in [2.05, 4.69) is 24.4 Å². The van der Waals surface area contributed by atoms with E-state index in [4.69, 9.17) is 24.8 Å². The normalized spacial score (nSPS) is 10.4. The molecule has 0 unspecified atom stereocenters. The molecule has 1 N–H and O–H groups in total. The van der Waals surface area contributed by atoms with E-state index in [0.29, 0.717) is 4.32 Å². The van der Waals surface area contributed by atoms with Crippen molar-refractivity contribution in [1.82, 2.24) is 0 Å². The van der Waals surface area contributed by atoms with Crippen LogP contribution in [-0.4, -0.2) is 4.32 Å². The van der Waals surface area contributed by atoms with Crippen molar-refractivity contribution in [1.29, 1.82) is 0 Å². The molecule has 0 amide bonds. The molecule has 1 rings (SSSR count). The van der Waals surface area contributed by atoms with E-state index < -0.39 is 0 Å². The zero-order chi connectivity index (χ0) is 10.4. The Kier molecular flexibility index (Phi) is 4.56. The van der Waals surface area contributed by atoms with Gasteiger partial charge >= 0.3 is 0 Å². The van der Waals surface area contributed by atoms with E-state index in [-0.39, 0.29) is 0 Å². The lowest BCUT2D eigenvalue weighted by molar-refractivity contribution is 1.23. The van der Waals surface area contributed by atoms with Gasteiger partial charge in [-0.3, -0.25) is 0 Å². The highest BCUT2D eigenvalue weighted by Gasteiger charge is 1.94. The molecule has 14 heavy (non-hydrogen) atoms. The molecule has 0 heterocycles. The van der Waals surface area contributed by atoms with E-state index in [0.717, 1.165) is 17.7 Å². The second-order valence-corrected chi connectivity index (χ2v) is 3.89. The smallest absolute Gasteiger partial charge is 0.0444 e. The van der Waals surface area contributed by atoms with Crippen LogP contribution in [0.25, 0.3) is 6.08 Å². The number of hydrogen-bond acceptors (Lipinski definition) is 2. The molecule has 1 aromatic rings. The third-order valence-electron chi connectivity index (χ3n) is 1.73. The molecule has 0 aliphatic carbocycles. The Morgan fingerprint density at radius 2 is 2.21 bits per heavy atom. The lowest BCUT2D eigenvalue weighted by Gasteiger charge is -2.12. The lowest BCUT2D eigenvalue weighted by atomic mass is 10.1. The molecule has 0 atom stereocenters. The van der Waals surface area contributed by atoms with E-state index in [1.165, 1.54) is 0 Å². The standard InChI is InChI=1S/C11H13NS2/c1-2-3-6-9-7-4-5-8-10(9)12-11(13)14/h3-8H,2H2,1H3,(H2,12,13,14)/p-1/b6-3+. The zero-order valence-corrected chi connectivity index (χ0v) is 9.62. The van der Waals surface area contributed by atoms with E-state index in [1.54, 1.807) is 0 Å². The van der Waals surface area contributed by atoms with Gasteiger partial charge in [-0.25, -0.2) is 0 Å². The Bertz CT molecular complexity index is 345. The fourth-order valence-electron chi connectivity index (χ4n) is 1.11. The van der Waals surface area contributed by atoms with Crippen molar-refractivity contribution >= 4 is 40.9 Å². The summed E-state index contributed by atoms with van der Waals surface area (Å²) in [5, 5.41) is 2.98. The molecule has 3 heteroatoms. The number of rotatable bonds is 3. The van der Waals surface area contributed by atoms with Crippen LogP contribution in [0.3, 0.4) is 0 Å². The minimum atomic E-state index is 0.377. The van der Waals surface area contributed by atoms with Crippen LogP contribution in [0.1, 0.15) is 18.9 Å². The van der Waals surface area contributed by atoms with Crippen LogP contribution in [0.5, 0.6) is 0 Å². The molecule has 0 fully saturated rings. The number of nitrogens with one attached hydrogen (secondary N) is 1. The number of anilines is 1. The molecule has 0 radical (unpaired) electrons. The molecule has 0 aliphatic rings. The van der Waals surface area contributed by atoms with Crippen LogP contribution < -0.4 is 5.32 Å². The van der Waals surface area contributed by atoms with Crippen LogP contribution in [0.2, 0.25) is 0 Å². The van der Waals surface area contributed by atoms with E-state index >= 15 is 0 Å². The van der Waals surface area contributed by atoms with Crippen LogP contribution in [-0.2, 0) is 12.6 Å². The van der Waals surface area contributed by atoms with Crippen LogP contribution in [0.15, 0.2) is 30.3 Å². The first kappa shape index (κ1) is 11.1. The van der Waals surface area contributed by atoms with Gasteiger partial charge in [0.2, 0.25) is 0 Å². The predicted octanol–water partition coefficient (Wildman–Crippen LogP) is 3.35. The van der Waals surface area contributed by atoms with Crippen molar-refractivity contribution in [3.63, 3.8) is 0 Å². The Balaban J connectivity index is 2.90. The summed E-state index contributed by atoms with van der Waals surface area (Å²) in [4.78, 5) is 0. The van der Waals surface area contributed by atoms with Crippen LogP contribution in [0, 0.1) is 0 Å². The first-order chi connectivity index (χ1) is 6.74. The summed E-state index contributed by atoms with van der Waals surface area (Å²) >= 11 is 9.66. The molecule has 0 aliphatic heterocycles. The van der Waals surface area contributed by atoms with Crippen molar-refractivity contribution in [3.8, 4) is 0 Å². The highest BCUT2D eigenvalue weighted by Crippen LogP contribution is 2.16. The Labute approximate surface area is 95.6 Å². The molecule has 0 spiro atoms. The SMILES string of the molecule is CC/C=C/c1ccccc1NC(=S)[S-]. The molecule has 1 aromatic carbocycles. The number of para-hydroxylation sites is 1. The van der Waals surface area contributed by atoms with Crippen molar-refractivity contribution in [2.75, 3.05) is 5.32 Å². The molecule has 0 saturated heterocycles. The summed E-state index contributed by atoms with van der Waals surface area (Å²) in [5.74, 6) is 0. The van der Waals surface area contributed by atoms with E-state index in [1.807, 2.05) is 24.3 Å². The molecule has 0 saturated carbocycles. The largest absolute Gasteiger partial charge is 0.411 e. The Morgan fingerprint density at radius 1 is 1.50 bits per heavy atom. The highest BCUT2D eigenvalue weighted by atomic mass is 32.1. The maximum absolute atomic E-state index is 4.83. The predicted molar refractivity (Wildman–Crippen MR) is 69.4 cm³/mol. The van der Waals surface area contributed by atoms with Gasteiger partial charge in [-0.05, 0) is 18.1 Å². The van der Waals surface area contributed by atoms with Crippen molar-refractivity contribution in [2.24, 2.45) is 0 Å². The van der Waals surface area contributed by atoms with Gasteiger partial charge in [0.1, 0.15) is 0 Å². The fourth-order valence-corrected chi connectivity index (χ4v) is 1.33. The third-order valence-corrected chi connectivity index (χ3v) is 1.93. The molecule has 1 nitrogen and oxygen atoms in total. The fraction of sp³-hybridized carbons (Fsp3) is 0.182. The summed E-state index contributed by atoms with van der Waals surface area (Å²) in [5.41, 5.74) is 2.08. The first-order valence-corrected chi connectivity index (χ1v) is 5.29. The van der Waals surface area contributed by atoms with Crippen LogP contribution in [0.4, 0.5) is 5.69 Å². The number of allylic oxidation sites excluding steroid dienone is 1. The zero-order valence-electron chi connectivity index (χ0n) is 7.99. The summed E-state index contributed by atoms with van der Waals surface area (Å²) in [6.45, 7) is 2.10. The average molecular weight is 222 g/mol. The van der Waals surface area contributed by atoms with Crippen LogP contribution >= 0.6 is 12.2 Å². The average Bonchev–Trinajstić information content (AvgIpc) is 2.16. The van der Waals surface area contributed by atoms with Crippen molar-refractivity contribution in [3.05, 3.63) is 35.9 Å². The third kappa shape index (κ3) is 3.44. The molecule has 0 bridgehead atoms. The number of thiocarbonyl (C=S) groups is 1. The van der Waals surface area contributed by atoms with Gasteiger partial charge in [-0.15, -0.1) is 0 Å². The molecular formula is C11H12NS2-.